The van der Waals surface area contributed by atoms with Gasteiger partial charge in [-0.15, -0.1) is 5.10 Å². The van der Waals surface area contributed by atoms with Crippen LogP contribution in [0.3, 0.4) is 0 Å². The largest absolute Gasteiger partial charge is 0.407 e. The molecule has 102 valence electrons. The third-order valence-corrected chi connectivity index (χ3v) is 2.02. The number of anilines is 1. The average Bonchev–Trinajstić information content (AvgIpc) is 2.74. The van der Waals surface area contributed by atoms with E-state index >= 15 is 0 Å². The summed E-state index contributed by atoms with van der Waals surface area (Å²) in [5.41, 5.74) is 0. The van der Waals surface area contributed by atoms with Gasteiger partial charge >= 0.3 is 6.01 Å². The molecule has 0 aliphatic heterocycles. The topological polar surface area (TPSA) is 92.1 Å². The molecule has 1 amide bonds. The van der Waals surface area contributed by atoms with Gasteiger partial charge in [-0.1, -0.05) is 12.0 Å². The van der Waals surface area contributed by atoms with Crippen LogP contribution in [-0.2, 0) is 11.3 Å². The highest BCUT2D eigenvalue weighted by Gasteiger charge is 2.07. The van der Waals surface area contributed by atoms with E-state index in [-0.39, 0.29) is 24.5 Å². The van der Waals surface area contributed by atoms with Crippen LogP contribution in [0.4, 0.5) is 6.01 Å². The zero-order chi connectivity index (χ0) is 13.4. The first-order chi connectivity index (χ1) is 8.61. The van der Waals surface area contributed by atoms with Crippen LogP contribution in [0.2, 0.25) is 0 Å². The van der Waals surface area contributed by atoms with Crippen molar-refractivity contribution >= 4 is 11.9 Å². The van der Waals surface area contributed by atoms with Crippen LogP contribution < -0.4 is 16.0 Å². The Morgan fingerprint density at radius 2 is 2.17 bits per heavy atom. The summed E-state index contributed by atoms with van der Waals surface area (Å²) in [6.07, 6.45) is 1.05. The highest BCUT2D eigenvalue weighted by Crippen LogP contribution is 2.04. The molecule has 0 radical (unpaired) electrons. The molecule has 0 saturated carbocycles. The van der Waals surface area contributed by atoms with Gasteiger partial charge in [0.25, 0.3) is 0 Å². The molecule has 0 aliphatic rings. The monoisotopic (exact) mass is 255 g/mol. The minimum Gasteiger partial charge on any atom is -0.407 e. The molecule has 1 aromatic rings. The van der Waals surface area contributed by atoms with E-state index < -0.39 is 0 Å². The summed E-state index contributed by atoms with van der Waals surface area (Å²) in [6.45, 7) is 7.47. The van der Waals surface area contributed by atoms with Crippen molar-refractivity contribution in [1.29, 1.82) is 0 Å². The van der Waals surface area contributed by atoms with E-state index in [0.717, 1.165) is 13.0 Å². The van der Waals surface area contributed by atoms with E-state index in [1.807, 2.05) is 13.8 Å². The molecule has 0 atom stereocenters. The maximum Gasteiger partial charge on any atom is 0.315 e. The summed E-state index contributed by atoms with van der Waals surface area (Å²) >= 11 is 0. The van der Waals surface area contributed by atoms with Crippen LogP contribution in [0.25, 0.3) is 0 Å². The van der Waals surface area contributed by atoms with Crippen LogP contribution in [0.5, 0.6) is 0 Å². The molecule has 7 heteroatoms. The predicted molar refractivity (Wildman–Crippen MR) is 68.1 cm³/mol. The van der Waals surface area contributed by atoms with Crippen molar-refractivity contribution in [3.8, 4) is 0 Å². The first-order valence-corrected chi connectivity index (χ1v) is 6.18. The molecule has 7 nitrogen and oxygen atoms in total. The van der Waals surface area contributed by atoms with Gasteiger partial charge in [0.05, 0.1) is 13.1 Å². The standard InChI is InChI=1S/C11H21N5O2/c1-4-5-12-7-10-15-16-11(18-10)13-6-9(17)14-8(2)3/h8,12H,4-7H2,1-3H3,(H,13,16)(H,14,17). The number of carbonyl (C=O) groups is 1. The number of amides is 1. The van der Waals surface area contributed by atoms with Gasteiger partial charge in [-0.25, -0.2) is 0 Å². The van der Waals surface area contributed by atoms with Crippen LogP contribution in [0, 0.1) is 0 Å². The number of rotatable bonds is 8. The van der Waals surface area contributed by atoms with Crippen LogP contribution in [0.1, 0.15) is 33.1 Å². The average molecular weight is 255 g/mol. The van der Waals surface area contributed by atoms with Gasteiger partial charge < -0.3 is 20.4 Å². The fourth-order valence-corrected chi connectivity index (χ4v) is 1.30. The first-order valence-electron chi connectivity index (χ1n) is 6.18. The maximum absolute atomic E-state index is 11.4. The Morgan fingerprint density at radius 3 is 2.83 bits per heavy atom. The van der Waals surface area contributed by atoms with Crippen molar-refractivity contribution in [3.63, 3.8) is 0 Å². The maximum atomic E-state index is 11.4. The molecule has 0 bridgehead atoms. The minimum atomic E-state index is -0.103. The molecular formula is C11H21N5O2. The zero-order valence-corrected chi connectivity index (χ0v) is 11.1. The van der Waals surface area contributed by atoms with E-state index in [9.17, 15) is 4.79 Å². The van der Waals surface area contributed by atoms with Crippen molar-refractivity contribution in [2.45, 2.75) is 39.8 Å². The predicted octanol–water partition coefficient (Wildman–Crippen LogP) is 0.506. The summed E-state index contributed by atoms with van der Waals surface area (Å²) in [5.74, 6) is 0.407. The molecule has 0 spiro atoms. The smallest absolute Gasteiger partial charge is 0.315 e. The molecule has 1 heterocycles. The summed E-state index contributed by atoms with van der Waals surface area (Å²) in [6, 6.07) is 0.387. The van der Waals surface area contributed by atoms with Crippen molar-refractivity contribution in [3.05, 3.63) is 5.89 Å². The minimum absolute atomic E-state index is 0.103. The normalized spacial score (nSPS) is 10.7. The second kappa shape index (κ2) is 7.65. The number of hydrogen-bond donors (Lipinski definition) is 3. The van der Waals surface area contributed by atoms with Crippen molar-refractivity contribution in [2.75, 3.05) is 18.4 Å². The van der Waals surface area contributed by atoms with Gasteiger partial charge in [0.1, 0.15) is 0 Å². The highest BCUT2D eigenvalue weighted by molar-refractivity contribution is 5.80. The number of carbonyl (C=O) groups excluding carboxylic acids is 1. The lowest BCUT2D eigenvalue weighted by Gasteiger charge is -2.07. The fraction of sp³-hybridized carbons (Fsp3) is 0.727. The van der Waals surface area contributed by atoms with Gasteiger partial charge in [-0.05, 0) is 26.8 Å². The van der Waals surface area contributed by atoms with Gasteiger partial charge in [0, 0.05) is 6.04 Å². The second-order valence-corrected chi connectivity index (χ2v) is 4.25. The SMILES string of the molecule is CCCNCc1nnc(NCC(=O)NC(C)C)o1. The lowest BCUT2D eigenvalue weighted by Crippen LogP contribution is -2.34. The summed E-state index contributed by atoms with van der Waals surface area (Å²) in [5, 5.41) is 16.3. The Labute approximate surface area is 107 Å². The number of aromatic nitrogens is 2. The third kappa shape index (κ3) is 5.62. The quantitative estimate of drug-likeness (QED) is 0.586. The van der Waals surface area contributed by atoms with E-state index in [2.05, 4.69) is 33.1 Å². The number of nitrogens with one attached hydrogen (secondary N) is 3. The molecule has 3 N–H and O–H groups in total. The first kappa shape index (κ1) is 14.4. The molecule has 18 heavy (non-hydrogen) atoms. The molecule has 1 aromatic heterocycles. The molecular weight excluding hydrogens is 234 g/mol. The highest BCUT2D eigenvalue weighted by atomic mass is 16.4. The molecule has 0 saturated heterocycles. The molecule has 0 aliphatic carbocycles. The number of hydrogen-bond acceptors (Lipinski definition) is 6. The Morgan fingerprint density at radius 1 is 1.39 bits per heavy atom. The summed E-state index contributed by atoms with van der Waals surface area (Å²) < 4.78 is 5.31. The Bertz CT molecular complexity index is 364. The van der Waals surface area contributed by atoms with Gasteiger partial charge in [0.15, 0.2) is 0 Å². The van der Waals surface area contributed by atoms with Crippen LogP contribution in [-0.4, -0.2) is 35.2 Å². The van der Waals surface area contributed by atoms with Gasteiger partial charge in [-0.2, -0.15) is 0 Å². The van der Waals surface area contributed by atoms with Crippen molar-refractivity contribution in [1.82, 2.24) is 20.8 Å². The Kier molecular flexibility index (Phi) is 6.13. The number of nitrogens with zero attached hydrogens (tertiary/aromatic N) is 2. The Balaban J connectivity index is 2.28. The van der Waals surface area contributed by atoms with Gasteiger partial charge in [0.2, 0.25) is 11.8 Å². The summed E-state index contributed by atoms with van der Waals surface area (Å²) in [7, 11) is 0. The molecule has 0 fully saturated rings. The van der Waals surface area contributed by atoms with Crippen LogP contribution >= 0.6 is 0 Å². The summed E-state index contributed by atoms with van der Waals surface area (Å²) in [4.78, 5) is 11.4. The van der Waals surface area contributed by atoms with E-state index in [0.29, 0.717) is 12.4 Å². The fourth-order valence-electron chi connectivity index (χ4n) is 1.30. The Hall–Kier alpha value is -1.63. The zero-order valence-electron chi connectivity index (χ0n) is 11.1. The lowest BCUT2D eigenvalue weighted by molar-refractivity contribution is -0.119. The van der Waals surface area contributed by atoms with Gasteiger partial charge in [-0.3, -0.25) is 4.79 Å². The van der Waals surface area contributed by atoms with Crippen LogP contribution in [0.15, 0.2) is 4.42 Å². The van der Waals surface area contributed by atoms with Crippen molar-refractivity contribution < 1.29 is 9.21 Å². The van der Waals surface area contributed by atoms with Crippen molar-refractivity contribution in [2.24, 2.45) is 0 Å². The lowest BCUT2D eigenvalue weighted by atomic mass is 10.4. The molecule has 1 rings (SSSR count). The van der Waals surface area contributed by atoms with E-state index in [1.54, 1.807) is 0 Å². The van der Waals surface area contributed by atoms with E-state index in [1.165, 1.54) is 0 Å². The second-order valence-electron chi connectivity index (χ2n) is 4.25. The van der Waals surface area contributed by atoms with E-state index in [4.69, 9.17) is 4.42 Å². The third-order valence-electron chi connectivity index (χ3n) is 2.02. The molecule has 0 aromatic carbocycles. The molecule has 0 unspecified atom stereocenters.